The van der Waals surface area contributed by atoms with Crippen LogP contribution in [0.2, 0.25) is 0 Å². The maximum Gasteiger partial charge on any atom is 0.332 e. The normalized spacial score (nSPS) is 15.0. The van der Waals surface area contributed by atoms with Crippen LogP contribution in [-0.4, -0.2) is 28.1 Å². The van der Waals surface area contributed by atoms with Crippen LogP contribution in [0.15, 0.2) is 39.9 Å². The van der Waals surface area contributed by atoms with Crippen LogP contribution in [0, 0.1) is 5.92 Å². The van der Waals surface area contributed by atoms with E-state index in [9.17, 15) is 14.4 Å². The molecule has 1 aromatic carbocycles. The van der Waals surface area contributed by atoms with Crippen LogP contribution in [0.3, 0.4) is 0 Å². The van der Waals surface area contributed by atoms with Gasteiger partial charge in [0.2, 0.25) is 5.91 Å². The number of amides is 1. The van der Waals surface area contributed by atoms with Crippen molar-refractivity contribution in [2.75, 3.05) is 23.3 Å². The van der Waals surface area contributed by atoms with Crippen molar-refractivity contribution in [1.82, 2.24) is 9.13 Å². The standard InChI is InChI=1S/C20H26N4O3/c1-4-14-5-7-16(8-6-14)21-19(26)15-9-11-24(12-10-15)17-13-18(25)23(3)20(27)22(17)2/h5-8,13,15H,4,9-12H2,1-3H3,(H,21,26). The molecule has 1 amide bonds. The zero-order chi connectivity index (χ0) is 19.6. The summed E-state index contributed by atoms with van der Waals surface area (Å²) >= 11 is 0. The fraction of sp³-hybridized carbons (Fsp3) is 0.450. The number of rotatable bonds is 4. The Kier molecular flexibility index (Phi) is 5.48. The highest BCUT2D eigenvalue weighted by atomic mass is 16.2. The Morgan fingerprint density at radius 1 is 1.07 bits per heavy atom. The first kappa shape index (κ1) is 18.9. The van der Waals surface area contributed by atoms with Gasteiger partial charge in [-0.1, -0.05) is 19.1 Å². The minimum atomic E-state index is -0.340. The van der Waals surface area contributed by atoms with E-state index in [1.165, 1.54) is 23.2 Å². The predicted octanol–water partition coefficient (Wildman–Crippen LogP) is 1.50. The number of aryl methyl sites for hydroxylation is 1. The first-order chi connectivity index (χ1) is 12.9. The fourth-order valence-electron chi connectivity index (χ4n) is 3.46. The lowest BCUT2D eigenvalue weighted by Crippen LogP contribution is -2.44. The molecule has 1 aromatic heterocycles. The average molecular weight is 370 g/mol. The maximum atomic E-state index is 12.5. The number of anilines is 2. The third-order valence-electron chi connectivity index (χ3n) is 5.32. The van der Waals surface area contributed by atoms with Crippen LogP contribution < -0.4 is 21.5 Å². The SMILES string of the molecule is CCc1ccc(NC(=O)C2CCN(c3cc(=O)n(C)c(=O)n3C)CC2)cc1. The van der Waals surface area contributed by atoms with Crippen LogP contribution in [0.4, 0.5) is 11.5 Å². The molecule has 3 rings (SSSR count). The van der Waals surface area contributed by atoms with Gasteiger partial charge in [-0.15, -0.1) is 0 Å². The lowest BCUT2D eigenvalue weighted by atomic mass is 9.95. The number of hydrogen-bond donors (Lipinski definition) is 1. The van der Waals surface area contributed by atoms with Gasteiger partial charge in [0.05, 0.1) is 0 Å². The third kappa shape index (κ3) is 3.97. The summed E-state index contributed by atoms with van der Waals surface area (Å²) in [4.78, 5) is 38.6. The molecule has 2 heterocycles. The maximum absolute atomic E-state index is 12.5. The van der Waals surface area contributed by atoms with Gasteiger partial charge in [-0.25, -0.2) is 4.79 Å². The number of carbonyl (C=O) groups is 1. The Labute approximate surface area is 158 Å². The summed E-state index contributed by atoms with van der Waals surface area (Å²) in [6.45, 7) is 3.36. The lowest BCUT2D eigenvalue weighted by Gasteiger charge is -2.33. The van der Waals surface area contributed by atoms with Gasteiger partial charge in [0.1, 0.15) is 5.82 Å². The van der Waals surface area contributed by atoms with Crippen LogP contribution in [-0.2, 0) is 25.3 Å². The number of hydrogen-bond acceptors (Lipinski definition) is 4. The summed E-state index contributed by atoms with van der Waals surface area (Å²) in [6.07, 6.45) is 2.34. The molecule has 1 aliphatic heterocycles. The monoisotopic (exact) mass is 370 g/mol. The summed E-state index contributed by atoms with van der Waals surface area (Å²) in [5.74, 6) is 0.560. The van der Waals surface area contributed by atoms with Crippen LogP contribution in [0.25, 0.3) is 0 Å². The van der Waals surface area contributed by atoms with Gasteiger partial charge in [0.15, 0.2) is 0 Å². The Balaban J connectivity index is 1.64. The second-order valence-electron chi connectivity index (χ2n) is 7.04. The molecule has 7 nitrogen and oxygen atoms in total. The third-order valence-corrected chi connectivity index (χ3v) is 5.32. The topological polar surface area (TPSA) is 76.3 Å². The molecule has 2 aromatic rings. The average Bonchev–Trinajstić information content (AvgIpc) is 2.70. The molecule has 1 aliphatic rings. The van der Waals surface area contributed by atoms with Gasteiger partial charge in [0.25, 0.3) is 5.56 Å². The highest BCUT2D eigenvalue weighted by Gasteiger charge is 2.26. The Hall–Kier alpha value is -2.83. The number of nitrogens with one attached hydrogen (secondary N) is 1. The number of carbonyl (C=O) groups excluding carboxylic acids is 1. The number of aromatic nitrogens is 2. The van der Waals surface area contributed by atoms with Crippen LogP contribution in [0.5, 0.6) is 0 Å². The van der Waals surface area contributed by atoms with Crippen molar-refractivity contribution >= 4 is 17.4 Å². The van der Waals surface area contributed by atoms with E-state index >= 15 is 0 Å². The van der Waals surface area contributed by atoms with Gasteiger partial charge >= 0.3 is 5.69 Å². The number of piperidine rings is 1. The van der Waals surface area contributed by atoms with E-state index in [0.717, 1.165) is 16.7 Å². The predicted molar refractivity (Wildman–Crippen MR) is 106 cm³/mol. The quantitative estimate of drug-likeness (QED) is 0.885. The molecule has 0 atom stereocenters. The van der Waals surface area contributed by atoms with E-state index in [1.54, 1.807) is 7.05 Å². The number of benzene rings is 1. The molecule has 144 valence electrons. The molecule has 0 aliphatic carbocycles. The molecule has 27 heavy (non-hydrogen) atoms. The summed E-state index contributed by atoms with van der Waals surface area (Å²) in [7, 11) is 3.13. The van der Waals surface area contributed by atoms with E-state index in [2.05, 4.69) is 12.2 Å². The van der Waals surface area contributed by atoms with Gasteiger partial charge in [-0.2, -0.15) is 0 Å². The molecule has 1 saturated heterocycles. The van der Waals surface area contributed by atoms with Crippen molar-refractivity contribution in [3.05, 3.63) is 56.7 Å². The fourth-order valence-corrected chi connectivity index (χ4v) is 3.46. The van der Waals surface area contributed by atoms with Crippen molar-refractivity contribution in [3.8, 4) is 0 Å². The van der Waals surface area contributed by atoms with Crippen LogP contribution >= 0.6 is 0 Å². The zero-order valence-electron chi connectivity index (χ0n) is 16.1. The van der Waals surface area contributed by atoms with E-state index in [1.807, 2.05) is 29.2 Å². The van der Waals surface area contributed by atoms with Crippen molar-refractivity contribution in [2.24, 2.45) is 20.0 Å². The minimum Gasteiger partial charge on any atom is -0.358 e. The highest BCUT2D eigenvalue weighted by Crippen LogP contribution is 2.23. The van der Waals surface area contributed by atoms with Crippen molar-refractivity contribution in [1.29, 1.82) is 0 Å². The molecule has 0 radical (unpaired) electrons. The van der Waals surface area contributed by atoms with Crippen LogP contribution in [0.1, 0.15) is 25.3 Å². The van der Waals surface area contributed by atoms with Gasteiger partial charge in [-0.05, 0) is 37.0 Å². The molecule has 7 heteroatoms. The second-order valence-corrected chi connectivity index (χ2v) is 7.04. The molecule has 0 saturated carbocycles. The lowest BCUT2D eigenvalue weighted by molar-refractivity contribution is -0.120. The zero-order valence-corrected chi connectivity index (χ0v) is 16.1. The molecular formula is C20H26N4O3. The summed E-state index contributed by atoms with van der Waals surface area (Å²) in [5.41, 5.74) is 1.39. The van der Waals surface area contributed by atoms with Crippen molar-refractivity contribution in [3.63, 3.8) is 0 Å². The Morgan fingerprint density at radius 2 is 1.70 bits per heavy atom. The molecule has 0 spiro atoms. The van der Waals surface area contributed by atoms with Gasteiger partial charge < -0.3 is 10.2 Å². The second kappa shape index (κ2) is 7.82. The van der Waals surface area contributed by atoms with Gasteiger partial charge in [-0.3, -0.25) is 18.7 Å². The first-order valence-electron chi connectivity index (χ1n) is 9.32. The van der Waals surface area contributed by atoms with Gasteiger partial charge in [0, 0.05) is 44.9 Å². The molecule has 1 fully saturated rings. The van der Waals surface area contributed by atoms with E-state index in [0.29, 0.717) is 31.7 Å². The summed E-state index contributed by atoms with van der Waals surface area (Å²) in [6, 6.07) is 9.39. The Bertz CT molecular complexity index is 935. The van der Waals surface area contributed by atoms with E-state index in [4.69, 9.17) is 0 Å². The number of nitrogens with zero attached hydrogens (tertiary/aromatic N) is 3. The van der Waals surface area contributed by atoms with E-state index in [-0.39, 0.29) is 23.1 Å². The smallest absolute Gasteiger partial charge is 0.332 e. The Morgan fingerprint density at radius 3 is 2.30 bits per heavy atom. The van der Waals surface area contributed by atoms with E-state index < -0.39 is 0 Å². The summed E-state index contributed by atoms with van der Waals surface area (Å²) in [5, 5.41) is 2.99. The molecule has 0 bridgehead atoms. The summed E-state index contributed by atoms with van der Waals surface area (Å²) < 4.78 is 2.57. The molecule has 1 N–H and O–H groups in total. The highest BCUT2D eigenvalue weighted by molar-refractivity contribution is 5.92. The minimum absolute atomic E-state index is 0.0248. The first-order valence-corrected chi connectivity index (χ1v) is 9.32. The van der Waals surface area contributed by atoms with Crippen molar-refractivity contribution in [2.45, 2.75) is 26.2 Å². The molecular weight excluding hydrogens is 344 g/mol. The largest absolute Gasteiger partial charge is 0.358 e. The van der Waals surface area contributed by atoms with Crippen molar-refractivity contribution < 1.29 is 4.79 Å². The molecule has 0 unspecified atom stereocenters.